The van der Waals surface area contributed by atoms with Crippen LogP contribution in [-0.4, -0.2) is 0 Å². The Bertz CT molecular complexity index is 1920. The topological polar surface area (TPSA) is 220 Å². The van der Waals surface area contributed by atoms with E-state index in [2.05, 4.69) is 18.1 Å². The minimum Gasteiger partial charge on any atom is -0.453 e. The second kappa shape index (κ2) is 12.0. The summed E-state index contributed by atoms with van der Waals surface area (Å²) in [6.07, 6.45) is 0. The molecular weight excluding hydrogens is 600 g/mol. The smallest absolute Gasteiger partial charge is 0.453 e. The summed E-state index contributed by atoms with van der Waals surface area (Å²) < 4.78 is 34.9. The van der Waals surface area contributed by atoms with Crippen molar-refractivity contribution in [1.29, 1.82) is 31.6 Å². The average Bonchev–Trinajstić information content (AvgIpc) is 3.01. The van der Waals surface area contributed by atoms with Crippen LogP contribution >= 0.6 is 29.3 Å². The van der Waals surface area contributed by atoms with Gasteiger partial charge in [-0.05, 0) is 36.4 Å². The van der Waals surface area contributed by atoms with Crippen LogP contribution in [0.2, 0.25) is 0 Å². The molecule has 1 aliphatic rings. The maximum absolute atomic E-state index is 10.1. The molecule has 0 radical (unpaired) electrons. The molecule has 0 spiro atoms. The molecule has 3 aromatic rings. The van der Waals surface area contributed by atoms with Gasteiger partial charge in [0.25, 0.3) is 21.6 Å². The first-order valence-corrected chi connectivity index (χ1v) is 17.7. The van der Waals surface area contributed by atoms with Gasteiger partial charge in [-0.25, -0.2) is 0 Å². The number of hydrogen-bond acceptors (Lipinski definition) is 13. The molecule has 0 saturated carbocycles. The van der Waals surface area contributed by atoms with Gasteiger partial charge in [0.15, 0.2) is 11.5 Å². The van der Waals surface area contributed by atoms with Crippen molar-refractivity contribution in [2.75, 3.05) is 0 Å². The van der Waals surface area contributed by atoms with Gasteiger partial charge in [0.05, 0.1) is 0 Å². The van der Waals surface area contributed by atoms with Crippen molar-refractivity contribution in [2.24, 2.45) is 18.1 Å². The molecule has 0 aromatic heterocycles. The molecule has 13 nitrogen and oxygen atoms in total. The third kappa shape index (κ3) is 6.23. The van der Waals surface area contributed by atoms with Crippen molar-refractivity contribution in [3.63, 3.8) is 0 Å². The Labute approximate surface area is 235 Å². The van der Waals surface area contributed by atoms with E-state index in [-0.39, 0.29) is 17.2 Å². The number of hydrogen-bond donors (Lipinski definition) is 0. The molecule has 198 valence electrons. The lowest BCUT2D eigenvalue weighted by atomic mass is 10.3. The van der Waals surface area contributed by atoms with E-state index < -0.39 is 29.3 Å². The average molecular weight is 614 g/mol. The zero-order valence-corrected chi connectivity index (χ0v) is 24.1. The highest BCUT2D eigenvalue weighted by Gasteiger charge is 2.42. The summed E-state index contributed by atoms with van der Waals surface area (Å²) in [7, 11) is -17.3. The molecule has 0 amide bonds. The third-order valence-corrected chi connectivity index (χ3v) is 15.4. The molecule has 41 heavy (non-hydrogen) atoms. The quantitative estimate of drug-likeness (QED) is 0.241. The first-order chi connectivity index (χ1) is 19.8. The molecule has 0 aliphatic carbocycles. The van der Waals surface area contributed by atoms with Crippen molar-refractivity contribution in [2.45, 2.75) is 0 Å². The minimum atomic E-state index is -4.43. The van der Waals surface area contributed by atoms with Gasteiger partial charge in [0.1, 0.15) is 46.4 Å². The molecule has 3 aromatic carbocycles. The molecular formula is C24H14N10O3P4. The van der Waals surface area contributed by atoms with Crippen LogP contribution in [0, 0.1) is 66.4 Å². The second-order valence-corrected chi connectivity index (χ2v) is 16.6. The first-order valence-electron chi connectivity index (χ1n) is 11.1. The third-order valence-electron chi connectivity index (χ3n) is 4.84. The Morgan fingerprint density at radius 1 is 0.439 bits per heavy atom. The summed E-state index contributed by atoms with van der Waals surface area (Å²) in [4.78, 5) is 0. The maximum atomic E-state index is 10.1. The van der Waals surface area contributed by atoms with Gasteiger partial charge < -0.3 is 13.8 Å². The van der Waals surface area contributed by atoms with E-state index in [9.17, 15) is 31.6 Å². The molecule has 0 saturated heterocycles. The van der Waals surface area contributed by atoms with Crippen molar-refractivity contribution >= 4 is 29.3 Å². The van der Waals surface area contributed by atoms with Gasteiger partial charge in [-0.2, -0.15) is 40.6 Å². The van der Waals surface area contributed by atoms with Gasteiger partial charge in [0.2, 0.25) is 0 Å². The molecule has 1 unspecified atom stereocenters. The summed E-state index contributed by atoms with van der Waals surface area (Å²) in [5, 5.41) is 60.1. The summed E-state index contributed by atoms with van der Waals surface area (Å²) in [6.45, 7) is 0. The lowest BCUT2D eigenvalue weighted by Gasteiger charge is -2.25. The minimum absolute atomic E-state index is 0.0155. The van der Waals surface area contributed by atoms with Crippen LogP contribution in [0.5, 0.6) is 23.0 Å². The second-order valence-electron chi connectivity index (χ2n) is 7.61. The molecule has 17 heteroatoms. The Morgan fingerprint density at radius 3 is 1.37 bits per heavy atom. The number of nitrogens with zero attached hydrogens (tertiary/aromatic N) is 10. The van der Waals surface area contributed by atoms with Crippen LogP contribution in [0.1, 0.15) is 0 Å². The maximum Gasteiger partial charge on any atom is 0.453 e. The van der Waals surface area contributed by atoms with E-state index in [0.717, 1.165) is 0 Å². The van der Waals surface area contributed by atoms with Crippen LogP contribution in [0.15, 0.2) is 103 Å². The molecule has 0 N–H and O–H groups in total. The van der Waals surface area contributed by atoms with E-state index in [1.54, 1.807) is 102 Å². The lowest BCUT2D eigenvalue weighted by molar-refractivity contribution is 0.430. The van der Waals surface area contributed by atoms with Crippen molar-refractivity contribution in [3.8, 4) is 57.9 Å². The Balaban J connectivity index is 2.11. The van der Waals surface area contributed by atoms with Crippen LogP contribution in [0.3, 0.4) is 0 Å². The van der Waals surface area contributed by atoms with E-state index in [4.69, 9.17) is 13.8 Å². The largest absolute Gasteiger partial charge is 0.453 e. The van der Waals surface area contributed by atoms with Gasteiger partial charge in [-0.15, -0.1) is 9.03 Å². The van der Waals surface area contributed by atoms with Gasteiger partial charge in [0, 0.05) is 0 Å². The zero-order valence-electron chi connectivity index (χ0n) is 20.6. The van der Waals surface area contributed by atoms with E-state index in [0.29, 0.717) is 5.75 Å². The number of para-hydroxylation sites is 4. The van der Waals surface area contributed by atoms with Gasteiger partial charge in [-0.1, -0.05) is 48.5 Å². The lowest BCUT2D eigenvalue weighted by Crippen LogP contribution is -2.02. The van der Waals surface area contributed by atoms with Crippen LogP contribution < -0.4 is 13.8 Å². The summed E-state index contributed by atoms with van der Waals surface area (Å²) in [5.41, 5.74) is 0. The fraction of sp³-hybridized carbons (Fsp3) is 0. The molecule has 1 aliphatic heterocycles. The van der Waals surface area contributed by atoms with Gasteiger partial charge >= 0.3 is 7.66 Å². The Kier molecular flexibility index (Phi) is 8.45. The summed E-state index contributed by atoms with van der Waals surface area (Å²) in [6, 6.07) is 23.0. The van der Waals surface area contributed by atoms with Crippen molar-refractivity contribution in [3.05, 3.63) is 84.9 Å². The predicted octanol–water partition coefficient (Wildman–Crippen LogP) is 9.13. The van der Waals surface area contributed by atoms with E-state index in [1.165, 1.54) is 18.2 Å². The molecule has 1 heterocycles. The van der Waals surface area contributed by atoms with E-state index >= 15 is 0 Å². The normalized spacial score (nSPS) is 19.1. The fourth-order valence-electron chi connectivity index (χ4n) is 3.14. The number of rotatable bonds is 6. The van der Waals surface area contributed by atoms with Crippen molar-refractivity contribution < 1.29 is 13.8 Å². The summed E-state index contributed by atoms with van der Waals surface area (Å²) >= 11 is 0. The van der Waals surface area contributed by atoms with Crippen LogP contribution in [0.25, 0.3) is 0 Å². The van der Waals surface area contributed by atoms with Gasteiger partial charge in [-0.3, -0.25) is 0 Å². The Morgan fingerprint density at radius 2 is 0.854 bits per heavy atom. The Hall–Kier alpha value is -5.08. The van der Waals surface area contributed by atoms with E-state index in [1.807, 2.05) is 0 Å². The standard InChI is InChI=1S/C24H14N10O3P4/c25-15-38(16-26)31-39(17-27,18-28)33-41(34-40(19-29,20-30)32-38,36-22-11-5-2-6-12-22)37-24-14-8-7-13-23(24)35-21-9-3-1-4-10-21/h1-14H. The number of benzene rings is 3. The zero-order chi connectivity index (χ0) is 29.4. The summed E-state index contributed by atoms with van der Waals surface area (Å²) in [5.74, 6) is 10.7. The molecule has 4 rings (SSSR count). The molecule has 0 fully saturated rings. The predicted molar refractivity (Wildman–Crippen MR) is 152 cm³/mol. The van der Waals surface area contributed by atoms with Crippen LogP contribution in [-0.2, 0) is 0 Å². The highest BCUT2D eigenvalue weighted by atomic mass is 31.3. The molecule has 0 bridgehead atoms. The first kappa shape index (κ1) is 28.9. The van der Waals surface area contributed by atoms with Crippen LogP contribution in [0.4, 0.5) is 0 Å². The number of nitriles is 6. The fourth-order valence-corrected chi connectivity index (χ4v) is 14.1. The highest BCUT2D eigenvalue weighted by molar-refractivity contribution is 7.93. The monoisotopic (exact) mass is 614 g/mol. The number of ether oxygens (including phenoxy) is 1. The SMILES string of the molecule is N#CP1(C#N)=NP(C#N)(C#N)=NP(Oc2ccccc2)(Oc2ccccc2Oc2ccccc2)=NP(C#N)(C#N)=N1. The van der Waals surface area contributed by atoms with Crippen molar-refractivity contribution in [1.82, 2.24) is 0 Å². The highest BCUT2D eigenvalue weighted by Crippen LogP contribution is 2.77. The molecule has 1 atom stereocenters.